The normalized spacial score (nSPS) is 11.5. The molecule has 0 aliphatic rings. The molecule has 0 aromatic carbocycles. The molecule has 0 fully saturated rings. The topological polar surface area (TPSA) is 208 Å². The third-order valence-corrected chi connectivity index (χ3v) is 4.64. The van der Waals surface area contributed by atoms with Crippen molar-refractivity contribution in [3.8, 4) is 6.07 Å². The van der Waals surface area contributed by atoms with Gasteiger partial charge >= 0.3 is 6.09 Å². The fourth-order valence-electron chi connectivity index (χ4n) is 1.83. The average Bonchev–Trinajstić information content (AvgIpc) is 2.64. The Balaban J connectivity index is 0.000000343. The Morgan fingerprint density at radius 1 is 1.03 bits per heavy atom. The van der Waals surface area contributed by atoms with E-state index in [0.717, 1.165) is 0 Å². The quantitative estimate of drug-likeness (QED) is 0.562. The van der Waals surface area contributed by atoms with Gasteiger partial charge < -0.3 is 10.1 Å². The molecule has 2 aromatic heterocycles. The fraction of sp³-hybridized carbons (Fsp3) is 0.294. The van der Waals surface area contributed by atoms with Gasteiger partial charge in [-0.2, -0.15) is 5.26 Å². The van der Waals surface area contributed by atoms with E-state index < -0.39 is 31.7 Å². The molecule has 1 amide bonds. The number of carbonyl (C=O) groups is 1. The second-order valence-corrected chi connectivity index (χ2v) is 9.90. The second kappa shape index (κ2) is 10.3. The van der Waals surface area contributed by atoms with Gasteiger partial charge in [0.15, 0.2) is 10.1 Å². The molecule has 0 aliphatic heterocycles. The average molecular weight is 471 g/mol. The highest BCUT2D eigenvalue weighted by atomic mass is 32.2. The lowest BCUT2D eigenvalue weighted by Gasteiger charge is -2.19. The van der Waals surface area contributed by atoms with Crippen LogP contribution in [0, 0.1) is 11.3 Å². The second-order valence-electron chi connectivity index (χ2n) is 6.89. The highest BCUT2D eigenvalue weighted by Gasteiger charge is 2.16. The van der Waals surface area contributed by atoms with Crippen molar-refractivity contribution < 1.29 is 26.4 Å². The number of carbonyl (C=O) groups excluding carboxylic acids is 1. The van der Waals surface area contributed by atoms with Gasteiger partial charge in [0.25, 0.3) is 20.0 Å². The van der Waals surface area contributed by atoms with Crippen molar-refractivity contribution >= 4 is 26.1 Å². The lowest BCUT2D eigenvalue weighted by atomic mass is 10.2. The number of rotatable bonds is 4. The van der Waals surface area contributed by atoms with Gasteiger partial charge in [-0.3, -0.25) is 0 Å². The largest absolute Gasteiger partial charge is 0.444 e. The standard InChI is InChI=1S/C11H17N3O4S.C6H5N3O2S/c1-11(2,3)18-10(15)13-7-8-5-4-6-9(14-8)19(12,16)17;7-4-5-2-1-3-6(9-5)12(8,10)11/h4-6H,7H2,1-3H3,(H,13,15)(H2,12,16,17);1-3H,(H2,8,10,11). The summed E-state index contributed by atoms with van der Waals surface area (Å²) in [6, 6.07) is 10.1. The lowest BCUT2D eigenvalue weighted by molar-refractivity contribution is 0.0523. The Morgan fingerprint density at radius 2 is 1.55 bits per heavy atom. The van der Waals surface area contributed by atoms with Crippen LogP contribution in [0.2, 0.25) is 0 Å². The molecule has 0 atom stereocenters. The number of sulfonamides is 2. The molecule has 0 unspecified atom stereocenters. The van der Waals surface area contributed by atoms with Crippen LogP contribution in [0.25, 0.3) is 0 Å². The van der Waals surface area contributed by atoms with E-state index in [0.29, 0.717) is 5.69 Å². The van der Waals surface area contributed by atoms with Crippen LogP contribution in [0.4, 0.5) is 4.79 Å². The van der Waals surface area contributed by atoms with E-state index in [1.54, 1.807) is 32.9 Å². The zero-order chi connectivity index (χ0) is 23.9. The minimum atomic E-state index is -3.85. The maximum Gasteiger partial charge on any atom is 0.407 e. The summed E-state index contributed by atoms with van der Waals surface area (Å²) in [6.07, 6.45) is -0.602. The van der Waals surface area contributed by atoms with E-state index in [1.807, 2.05) is 0 Å². The number of hydrogen-bond donors (Lipinski definition) is 3. The highest BCUT2D eigenvalue weighted by Crippen LogP contribution is 2.08. The summed E-state index contributed by atoms with van der Waals surface area (Å²) in [4.78, 5) is 18.7. The Kier molecular flexibility index (Phi) is 8.58. The Morgan fingerprint density at radius 3 is 2.03 bits per heavy atom. The summed E-state index contributed by atoms with van der Waals surface area (Å²) < 4.78 is 48.7. The van der Waals surface area contributed by atoms with Crippen molar-refractivity contribution in [3.05, 3.63) is 47.8 Å². The van der Waals surface area contributed by atoms with Gasteiger partial charge in [0.1, 0.15) is 17.4 Å². The SMILES string of the molecule is CC(C)(C)OC(=O)NCc1cccc(S(N)(=O)=O)n1.N#Cc1cccc(S(N)(=O)=O)n1. The number of alkyl carbamates (subject to hydrolysis) is 1. The van der Waals surface area contributed by atoms with Crippen LogP contribution < -0.4 is 15.6 Å². The van der Waals surface area contributed by atoms with Crippen LogP contribution in [0.15, 0.2) is 46.5 Å². The zero-order valence-electron chi connectivity index (χ0n) is 16.9. The Bertz CT molecular complexity index is 1180. The highest BCUT2D eigenvalue weighted by molar-refractivity contribution is 7.89. The van der Waals surface area contributed by atoms with Crippen LogP contribution >= 0.6 is 0 Å². The van der Waals surface area contributed by atoms with Gasteiger partial charge in [0.05, 0.1) is 12.2 Å². The fourth-order valence-corrected chi connectivity index (χ4v) is 2.83. The molecule has 168 valence electrons. The number of aromatic nitrogens is 2. The van der Waals surface area contributed by atoms with Crippen LogP contribution in [-0.4, -0.2) is 38.5 Å². The first-order valence-corrected chi connectivity index (χ1v) is 11.6. The monoisotopic (exact) mass is 470 g/mol. The molecule has 12 nitrogen and oxygen atoms in total. The van der Waals surface area contributed by atoms with Crippen molar-refractivity contribution in [2.75, 3.05) is 0 Å². The molecule has 14 heteroatoms. The third-order valence-electron chi connectivity index (χ3n) is 3.02. The van der Waals surface area contributed by atoms with Crippen molar-refractivity contribution in [2.24, 2.45) is 10.3 Å². The maximum absolute atomic E-state index is 11.4. The van der Waals surface area contributed by atoms with Gasteiger partial charge in [0.2, 0.25) is 0 Å². The van der Waals surface area contributed by atoms with Crippen molar-refractivity contribution in [3.63, 3.8) is 0 Å². The number of nitrogens with one attached hydrogen (secondary N) is 1. The maximum atomic E-state index is 11.4. The van der Waals surface area contributed by atoms with Crippen LogP contribution in [0.1, 0.15) is 32.2 Å². The van der Waals surface area contributed by atoms with E-state index in [9.17, 15) is 21.6 Å². The summed E-state index contributed by atoms with van der Waals surface area (Å²) in [6.45, 7) is 5.28. The molecule has 0 saturated carbocycles. The van der Waals surface area contributed by atoms with E-state index in [-0.39, 0.29) is 22.3 Å². The molecule has 0 aliphatic carbocycles. The molecular weight excluding hydrogens is 448 g/mol. The zero-order valence-corrected chi connectivity index (χ0v) is 18.6. The predicted octanol–water partition coefficient (Wildman–Crippen LogP) is 0.354. The molecule has 0 saturated heterocycles. The number of nitrogens with zero attached hydrogens (tertiary/aromatic N) is 3. The minimum Gasteiger partial charge on any atom is -0.444 e. The molecule has 0 bridgehead atoms. The lowest BCUT2D eigenvalue weighted by Crippen LogP contribution is -2.32. The van der Waals surface area contributed by atoms with Gasteiger partial charge in [-0.1, -0.05) is 12.1 Å². The van der Waals surface area contributed by atoms with Crippen LogP contribution in [-0.2, 0) is 31.3 Å². The van der Waals surface area contributed by atoms with Gasteiger partial charge in [-0.05, 0) is 45.0 Å². The van der Waals surface area contributed by atoms with Gasteiger partial charge in [0, 0.05) is 0 Å². The number of hydrogen-bond acceptors (Lipinski definition) is 9. The number of pyridine rings is 2. The summed E-state index contributed by atoms with van der Waals surface area (Å²) >= 11 is 0. The number of primary sulfonamides is 2. The summed E-state index contributed by atoms with van der Waals surface area (Å²) in [7, 11) is -7.65. The molecule has 5 N–H and O–H groups in total. The number of nitriles is 1. The molecule has 2 rings (SSSR count). The van der Waals surface area contributed by atoms with Crippen molar-refractivity contribution in [2.45, 2.75) is 43.0 Å². The molecule has 31 heavy (non-hydrogen) atoms. The van der Waals surface area contributed by atoms with Gasteiger partial charge in [-0.15, -0.1) is 0 Å². The molecule has 2 heterocycles. The first kappa shape index (κ1) is 25.9. The summed E-state index contributed by atoms with van der Waals surface area (Å²) in [5.41, 5.74) is -0.195. The van der Waals surface area contributed by atoms with E-state index in [4.69, 9.17) is 20.3 Å². The van der Waals surface area contributed by atoms with E-state index in [1.165, 1.54) is 30.3 Å². The molecule has 0 spiro atoms. The molecule has 2 aromatic rings. The first-order valence-electron chi connectivity index (χ1n) is 8.47. The number of ether oxygens (including phenoxy) is 1. The third kappa shape index (κ3) is 9.96. The first-order chi connectivity index (χ1) is 14.1. The summed E-state index contributed by atoms with van der Waals surface area (Å²) in [5.74, 6) is 0. The van der Waals surface area contributed by atoms with E-state index in [2.05, 4.69) is 15.3 Å². The van der Waals surface area contributed by atoms with Gasteiger partial charge in [-0.25, -0.2) is 41.9 Å². The smallest absolute Gasteiger partial charge is 0.407 e. The predicted molar refractivity (Wildman–Crippen MR) is 109 cm³/mol. The molecule has 0 radical (unpaired) electrons. The van der Waals surface area contributed by atoms with Crippen LogP contribution in [0.3, 0.4) is 0 Å². The molecular formula is C17H22N6O6S2. The minimum absolute atomic E-state index is 0.0292. The van der Waals surface area contributed by atoms with E-state index >= 15 is 0 Å². The van der Waals surface area contributed by atoms with Crippen LogP contribution in [0.5, 0.6) is 0 Å². The van der Waals surface area contributed by atoms with Crippen molar-refractivity contribution in [1.29, 1.82) is 5.26 Å². The number of nitrogens with two attached hydrogens (primary N) is 2. The van der Waals surface area contributed by atoms with Crippen molar-refractivity contribution in [1.82, 2.24) is 15.3 Å². The Hall–Kier alpha value is -3.12. The Labute approximate surface area is 180 Å². The summed E-state index contributed by atoms with van der Waals surface area (Å²) in [5, 5.41) is 20.1. The number of amides is 1.